The third-order valence-electron chi connectivity index (χ3n) is 3.37. The van der Waals surface area contributed by atoms with Crippen molar-refractivity contribution >= 4 is 23.3 Å². The predicted octanol–water partition coefficient (Wildman–Crippen LogP) is 1.34. The van der Waals surface area contributed by atoms with E-state index in [2.05, 4.69) is 19.2 Å². The highest BCUT2D eigenvalue weighted by molar-refractivity contribution is 7.99. The van der Waals surface area contributed by atoms with Gasteiger partial charge in [-0.3, -0.25) is 13.9 Å². The number of nitrogens with one attached hydrogen (secondary N) is 1. The van der Waals surface area contributed by atoms with Crippen molar-refractivity contribution < 1.29 is 0 Å². The second-order valence-corrected chi connectivity index (χ2v) is 7.74. The molecule has 0 saturated carbocycles. The molecule has 0 atom stereocenters. The molecule has 0 radical (unpaired) electrons. The van der Waals surface area contributed by atoms with E-state index in [1.807, 2.05) is 20.1 Å². The number of nitrogens with two attached hydrogens (primary N) is 1. The molecule has 0 aliphatic rings. The maximum atomic E-state index is 12.3. The molecule has 0 amide bonds. The number of rotatable bonds is 6. The zero-order valence-corrected chi connectivity index (χ0v) is 14.5. The number of hydrogen-bond donors (Lipinski definition) is 2. The van der Waals surface area contributed by atoms with Crippen LogP contribution in [0.2, 0.25) is 0 Å². The quantitative estimate of drug-likeness (QED) is 0.828. The lowest BCUT2D eigenvalue weighted by Crippen LogP contribution is -2.42. The SMILES string of the molecule is CSC(C)(C)CNc1c(N)n(CC(C)C)c(=O)n(C)c1=O. The maximum Gasteiger partial charge on any atom is 0.332 e. The van der Waals surface area contributed by atoms with Gasteiger partial charge in [0.15, 0.2) is 0 Å². The fraction of sp³-hybridized carbons (Fsp3) is 0.714. The summed E-state index contributed by atoms with van der Waals surface area (Å²) < 4.78 is 2.53. The third-order valence-corrected chi connectivity index (χ3v) is 4.62. The van der Waals surface area contributed by atoms with Gasteiger partial charge >= 0.3 is 5.69 Å². The Labute approximate surface area is 129 Å². The summed E-state index contributed by atoms with van der Waals surface area (Å²) in [7, 11) is 1.48. The monoisotopic (exact) mass is 314 g/mol. The summed E-state index contributed by atoms with van der Waals surface area (Å²) in [5.74, 6) is 0.478. The summed E-state index contributed by atoms with van der Waals surface area (Å²) in [6.07, 6.45) is 2.02. The Morgan fingerprint density at radius 2 is 1.90 bits per heavy atom. The van der Waals surface area contributed by atoms with Crippen molar-refractivity contribution in [2.45, 2.75) is 39.0 Å². The van der Waals surface area contributed by atoms with E-state index < -0.39 is 0 Å². The molecular formula is C14H26N4O2S. The average molecular weight is 314 g/mol. The number of hydrogen-bond acceptors (Lipinski definition) is 5. The van der Waals surface area contributed by atoms with Crippen molar-refractivity contribution in [1.29, 1.82) is 0 Å². The van der Waals surface area contributed by atoms with Crippen molar-refractivity contribution in [1.82, 2.24) is 9.13 Å². The zero-order valence-electron chi connectivity index (χ0n) is 13.7. The lowest BCUT2D eigenvalue weighted by molar-refractivity contribution is 0.494. The Hall–Kier alpha value is -1.37. The molecule has 0 aromatic carbocycles. The zero-order chi connectivity index (χ0) is 16.4. The van der Waals surface area contributed by atoms with Gasteiger partial charge in [-0.25, -0.2) is 4.79 Å². The molecule has 120 valence electrons. The van der Waals surface area contributed by atoms with Gasteiger partial charge < -0.3 is 11.1 Å². The predicted molar refractivity (Wildman–Crippen MR) is 91.3 cm³/mol. The fourth-order valence-corrected chi connectivity index (χ4v) is 2.08. The van der Waals surface area contributed by atoms with Crippen LogP contribution in [0.4, 0.5) is 11.5 Å². The van der Waals surface area contributed by atoms with Crippen LogP contribution in [-0.4, -0.2) is 26.7 Å². The van der Waals surface area contributed by atoms with Crippen LogP contribution in [0.3, 0.4) is 0 Å². The highest BCUT2D eigenvalue weighted by Crippen LogP contribution is 2.22. The molecule has 0 unspecified atom stereocenters. The molecule has 1 aromatic heterocycles. The maximum absolute atomic E-state index is 12.3. The van der Waals surface area contributed by atoms with Crippen molar-refractivity contribution in [3.8, 4) is 0 Å². The molecule has 0 bridgehead atoms. The molecule has 0 spiro atoms. The minimum Gasteiger partial charge on any atom is -0.383 e. The van der Waals surface area contributed by atoms with Gasteiger partial charge in [0.05, 0.1) is 0 Å². The van der Waals surface area contributed by atoms with Crippen LogP contribution in [-0.2, 0) is 13.6 Å². The summed E-state index contributed by atoms with van der Waals surface area (Å²) in [5, 5.41) is 3.12. The number of anilines is 2. The van der Waals surface area contributed by atoms with Crippen molar-refractivity contribution in [3.05, 3.63) is 20.8 Å². The van der Waals surface area contributed by atoms with Crippen LogP contribution in [0.1, 0.15) is 27.7 Å². The summed E-state index contributed by atoms with van der Waals surface area (Å²) in [4.78, 5) is 24.4. The number of aromatic nitrogens is 2. The standard InChI is InChI=1S/C14H26N4O2S/c1-9(2)7-18-11(15)10(12(19)17(5)13(18)20)16-8-14(3,4)21-6/h9,16H,7-8,15H2,1-6H3. The molecule has 21 heavy (non-hydrogen) atoms. The van der Waals surface area contributed by atoms with E-state index in [-0.39, 0.29) is 27.7 Å². The van der Waals surface area contributed by atoms with Gasteiger partial charge in [0.2, 0.25) is 0 Å². The van der Waals surface area contributed by atoms with Crippen LogP contribution in [0.5, 0.6) is 0 Å². The van der Waals surface area contributed by atoms with E-state index in [1.165, 1.54) is 11.6 Å². The molecule has 1 heterocycles. The summed E-state index contributed by atoms with van der Waals surface area (Å²) >= 11 is 1.70. The van der Waals surface area contributed by atoms with Gasteiger partial charge in [0.1, 0.15) is 11.5 Å². The molecule has 1 rings (SSSR count). The Morgan fingerprint density at radius 3 is 2.38 bits per heavy atom. The lowest BCUT2D eigenvalue weighted by Gasteiger charge is -2.24. The largest absolute Gasteiger partial charge is 0.383 e. The summed E-state index contributed by atoms with van der Waals surface area (Å²) in [6.45, 7) is 9.24. The second-order valence-electron chi connectivity index (χ2n) is 6.23. The number of nitrogens with zero attached hydrogens (tertiary/aromatic N) is 2. The summed E-state index contributed by atoms with van der Waals surface area (Å²) in [6, 6.07) is 0. The van der Waals surface area contributed by atoms with Crippen molar-refractivity contribution in [2.24, 2.45) is 13.0 Å². The minimum atomic E-state index is -0.380. The minimum absolute atomic E-state index is 0.0313. The van der Waals surface area contributed by atoms with Crippen LogP contribution in [0.25, 0.3) is 0 Å². The Balaban J connectivity index is 3.29. The Bertz CT molecular complexity index is 617. The second kappa shape index (κ2) is 6.60. The first-order valence-corrected chi connectivity index (χ1v) is 8.21. The van der Waals surface area contributed by atoms with Crippen LogP contribution >= 0.6 is 11.8 Å². The van der Waals surface area contributed by atoms with Crippen molar-refractivity contribution in [2.75, 3.05) is 23.9 Å². The first-order valence-electron chi connectivity index (χ1n) is 6.99. The van der Waals surface area contributed by atoms with Crippen LogP contribution in [0.15, 0.2) is 9.59 Å². The Kier molecular flexibility index (Phi) is 5.55. The van der Waals surface area contributed by atoms with E-state index in [1.54, 1.807) is 11.8 Å². The molecule has 3 N–H and O–H groups in total. The highest BCUT2D eigenvalue weighted by Gasteiger charge is 2.20. The van der Waals surface area contributed by atoms with Gasteiger partial charge in [-0.15, -0.1) is 0 Å². The summed E-state index contributed by atoms with van der Waals surface area (Å²) in [5.41, 5.74) is 5.60. The molecule has 6 nitrogen and oxygen atoms in total. The molecule has 7 heteroatoms. The smallest absolute Gasteiger partial charge is 0.332 e. The van der Waals surface area contributed by atoms with E-state index >= 15 is 0 Å². The highest BCUT2D eigenvalue weighted by atomic mass is 32.2. The lowest BCUT2D eigenvalue weighted by atomic mass is 10.2. The van der Waals surface area contributed by atoms with Crippen LogP contribution in [0, 0.1) is 5.92 Å². The van der Waals surface area contributed by atoms with Gasteiger partial charge in [-0.2, -0.15) is 11.8 Å². The topological polar surface area (TPSA) is 82.0 Å². The fourth-order valence-electron chi connectivity index (χ4n) is 1.86. The number of thioether (sulfide) groups is 1. The normalized spacial score (nSPS) is 12.0. The van der Waals surface area contributed by atoms with Gasteiger partial charge in [0.25, 0.3) is 5.56 Å². The van der Waals surface area contributed by atoms with Crippen LogP contribution < -0.4 is 22.3 Å². The third kappa shape index (κ3) is 4.06. The van der Waals surface area contributed by atoms with Crippen molar-refractivity contribution in [3.63, 3.8) is 0 Å². The first kappa shape index (κ1) is 17.7. The molecule has 0 aliphatic carbocycles. The molecule has 1 aromatic rings. The molecular weight excluding hydrogens is 288 g/mol. The first-order chi connectivity index (χ1) is 9.60. The van der Waals surface area contributed by atoms with E-state index in [0.717, 1.165) is 4.57 Å². The average Bonchev–Trinajstić information content (AvgIpc) is 2.41. The molecule has 0 saturated heterocycles. The van der Waals surface area contributed by atoms with Gasteiger partial charge in [-0.05, 0) is 26.0 Å². The Morgan fingerprint density at radius 1 is 1.33 bits per heavy atom. The van der Waals surface area contributed by atoms with Gasteiger partial charge in [0, 0.05) is 24.9 Å². The van der Waals surface area contributed by atoms with E-state index in [4.69, 9.17) is 5.73 Å². The van der Waals surface area contributed by atoms with E-state index in [9.17, 15) is 9.59 Å². The van der Waals surface area contributed by atoms with Gasteiger partial charge in [-0.1, -0.05) is 13.8 Å². The molecule has 0 fully saturated rings. The number of nitrogen functional groups attached to an aromatic ring is 1. The van der Waals surface area contributed by atoms with E-state index in [0.29, 0.717) is 18.8 Å². The molecule has 0 aliphatic heterocycles.